The number of carbonyl (C=O) groups excluding carboxylic acids is 4. The van der Waals surface area contributed by atoms with Crippen LogP contribution in [0.4, 0.5) is 0 Å². The van der Waals surface area contributed by atoms with E-state index in [1.807, 2.05) is 0 Å². The summed E-state index contributed by atoms with van der Waals surface area (Å²) in [6, 6.07) is 0. The summed E-state index contributed by atoms with van der Waals surface area (Å²) in [6.45, 7) is 4.46. The molecule has 1 saturated heterocycles. The highest BCUT2D eigenvalue weighted by atomic mass is 16.7. The first-order valence-electron chi connectivity index (χ1n) is 6.97. The molecule has 0 bridgehead atoms. The molecule has 0 aliphatic carbocycles. The molecule has 4 atom stereocenters. The third-order valence-corrected chi connectivity index (χ3v) is 2.90. The van der Waals surface area contributed by atoms with E-state index in [-0.39, 0.29) is 13.2 Å². The number of rotatable bonds is 5. The van der Waals surface area contributed by atoms with Crippen molar-refractivity contribution in [1.82, 2.24) is 0 Å². The molecule has 0 saturated carbocycles. The lowest BCUT2D eigenvalue weighted by Crippen LogP contribution is -2.58. The van der Waals surface area contributed by atoms with Gasteiger partial charge in [0.15, 0.2) is 18.3 Å². The van der Waals surface area contributed by atoms with Gasteiger partial charge in [0.05, 0.1) is 6.61 Å². The first-order chi connectivity index (χ1) is 10.7. The van der Waals surface area contributed by atoms with Gasteiger partial charge < -0.3 is 23.7 Å². The van der Waals surface area contributed by atoms with Gasteiger partial charge in [0.1, 0.15) is 12.7 Å². The maximum Gasteiger partial charge on any atom is 0.303 e. The van der Waals surface area contributed by atoms with Crippen molar-refractivity contribution >= 4 is 23.9 Å². The molecule has 1 heterocycles. The quantitative estimate of drug-likeness (QED) is 0.496. The third kappa shape index (κ3) is 6.23. The highest BCUT2D eigenvalue weighted by molar-refractivity contribution is 5.68. The van der Waals surface area contributed by atoms with Gasteiger partial charge in [-0.2, -0.15) is 0 Å². The number of carbonyl (C=O) groups is 4. The maximum atomic E-state index is 11.3. The van der Waals surface area contributed by atoms with E-state index < -0.39 is 48.3 Å². The van der Waals surface area contributed by atoms with Gasteiger partial charge in [-0.1, -0.05) is 0 Å². The molecule has 0 amide bonds. The summed E-state index contributed by atoms with van der Waals surface area (Å²) in [4.78, 5) is 44.8. The molecule has 0 radical (unpaired) electrons. The summed E-state index contributed by atoms with van der Waals surface area (Å²) in [7, 11) is 0. The predicted molar refractivity (Wildman–Crippen MR) is 73.0 cm³/mol. The molecule has 0 aromatic carbocycles. The Hall–Kier alpha value is -2.16. The van der Waals surface area contributed by atoms with Crippen LogP contribution in [0.2, 0.25) is 0 Å². The van der Waals surface area contributed by atoms with Gasteiger partial charge in [0.25, 0.3) is 0 Å². The van der Waals surface area contributed by atoms with Crippen LogP contribution < -0.4 is 0 Å². The fraction of sp³-hybridized carbons (Fsp3) is 0.714. The minimum absolute atomic E-state index is 0.0960. The van der Waals surface area contributed by atoms with Gasteiger partial charge in [-0.05, 0) is 0 Å². The predicted octanol–water partition coefficient (Wildman–Crippen LogP) is -0.257. The molecule has 0 N–H and O–H groups in total. The van der Waals surface area contributed by atoms with Gasteiger partial charge in [0, 0.05) is 27.7 Å². The number of esters is 4. The van der Waals surface area contributed by atoms with E-state index in [0.717, 1.165) is 0 Å². The normalized spacial score (nSPS) is 26.8. The van der Waals surface area contributed by atoms with Crippen LogP contribution in [-0.2, 0) is 42.9 Å². The van der Waals surface area contributed by atoms with Gasteiger partial charge >= 0.3 is 23.9 Å². The van der Waals surface area contributed by atoms with Crippen LogP contribution in [-0.4, -0.2) is 61.5 Å². The topological polar surface area (TPSA) is 114 Å². The van der Waals surface area contributed by atoms with Crippen LogP contribution >= 0.6 is 0 Å². The van der Waals surface area contributed by atoms with Crippen LogP contribution in [0.15, 0.2) is 0 Å². The highest BCUT2D eigenvalue weighted by Gasteiger charge is 2.47. The van der Waals surface area contributed by atoms with E-state index in [1.54, 1.807) is 0 Å². The second-order valence-electron chi connectivity index (χ2n) is 4.97. The van der Waals surface area contributed by atoms with Gasteiger partial charge in [-0.25, -0.2) is 0 Å². The molecule has 1 fully saturated rings. The average molecular weight is 332 g/mol. The van der Waals surface area contributed by atoms with Crippen molar-refractivity contribution in [2.75, 3.05) is 13.2 Å². The van der Waals surface area contributed by atoms with Crippen molar-refractivity contribution in [3.63, 3.8) is 0 Å². The van der Waals surface area contributed by atoms with E-state index in [4.69, 9.17) is 23.7 Å². The molecule has 0 spiro atoms. The summed E-state index contributed by atoms with van der Waals surface area (Å²) in [5.74, 6) is -2.43. The van der Waals surface area contributed by atoms with Crippen molar-refractivity contribution in [2.45, 2.75) is 52.1 Å². The van der Waals surface area contributed by atoms with E-state index in [0.29, 0.717) is 0 Å². The summed E-state index contributed by atoms with van der Waals surface area (Å²) < 4.78 is 25.6. The lowest BCUT2D eigenvalue weighted by molar-refractivity contribution is -0.231. The Balaban J connectivity index is 2.98. The summed E-state index contributed by atoms with van der Waals surface area (Å²) in [5, 5.41) is 0. The standard InChI is InChI=1S/C14H20O9/c1-7(15)19-5-11-13(22-9(3)17)14(23-10(4)18)12(6-20-11)21-8(2)16/h11-14H,5-6H2,1-4H3/t11-,12+,13+,14-/m1/s1. The molecule has 1 aliphatic heterocycles. The van der Waals surface area contributed by atoms with Crippen molar-refractivity contribution in [3.05, 3.63) is 0 Å². The van der Waals surface area contributed by atoms with Crippen LogP contribution in [0.25, 0.3) is 0 Å². The lowest BCUT2D eigenvalue weighted by atomic mass is 9.99. The molecule has 23 heavy (non-hydrogen) atoms. The average Bonchev–Trinajstić information content (AvgIpc) is 2.39. The minimum atomic E-state index is -1.08. The van der Waals surface area contributed by atoms with Crippen LogP contribution in [0.3, 0.4) is 0 Å². The lowest BCUT2D eigenvalue weighted by Gasteiger charge is -2.40. The first-order valence-corrected chi connectivity index (χ1v) is 6.97. The Morgan fingerprint density at radius 3 is 1.83 bits per heavy atom. The van der Waals surface area contributed by atoms with Crippen LogP contribution in [0, 0.1) is 0 Å². The Kier molecular flexibility index (Phi) is 6.95. The minimum Gasteiger partial charge on any atom is -0.463 e. The van der Waals surface area contributed by atoms with Gasteiger partial charge in [-0.3, -0.25) is 19.2 Å². The SMILES string of the molecule is CC(=O)OC[C@H]1OC[C@H](OC(C)=O)[C@@H](OC(C)=O)[C@H]1OC(C)=O. The Morgan fingerprint density at radius 2 is 1.35 bits per heavy atom. The molecular formula is C14H20O9. The molecule has 0 aromatic rings. The zero-order chi connectivity index (χ0) is 17.6. The number of ether oxygens (including phenoxy) is 5. The fourth-order valence-electron chi connectivity index (χ4n) is 2.16. The summed E-state index contributed by atoms with van der Waals surface area (Å²) in [6.07, 6.45) is -3.92. The fourth-order valence-corrected chi connectivity index (χ4v) is 2.16. The molecule has 0 aromatic heterocycles. The zero-order valence-electron chi connectivity index (χ0n) is 13.4. The van der Waals surface area contributed by atoms with Crippen LogP contribution in [0.5, 0.6) is 0 Å². The van der Waals surface area contributed by atoms with Crippen LogP contribution in [0.1, 0.15) is 27.7 Å². The number of hydrogen-bond acceptors (Lipinski definition) is 9. The Labute approximate surface area is 133 Å². The third-order valence-electron chi connectivity index (χ3n) is 2.90. The summed E-state index contributed by atoms with van der Waals surface area (Å²) >= 11 is 0. The highest BCUT2D eigenvalue weighted by Crippen LogP contribution is 2.24. The largest absolute Gasteiger partial charge is 0.463 e. The van der Waals surface area contributed by atoms with E-state index >= 15 is 0 Å². The van der Waals surface area contributed by atoms with Crippen molar-refractivity contribution in [2.24, 2.45) is 0 Å². The second-order valence-corrected chi connectivity index (χ2v) is 4.97. The molecule has 1 aliphatic rings. The summed E-state index contributed by atoms with van der Waals surface area (Å²) in [5.41, 5.74) is 0. The maximum absolute atomic E-state index is 11.3. The molecule has 1 rings (SSSR count). The van der Waals surface area contributed by atoms with Gasteiger partial charge in [0.2, 0.25) is 0 Å². The molecule has 130 valence electrons. The Bertz CT molecular complexity index is 473. The monoisotopic (exact) mass is 332 g/mol. The molecular weight excluding hydrogens is 312 g/mol. The molecule has 9 heteroatoms. The zero-order valence-corrected chi connectivity index (χ0v) is 13.4. The second kappa shape index (κ2) is 8.47. The number of hydrogen-bond donors (Lipinski definition) is 0. The molecule has 9 nitrogen and oxygen atoms in total. The van der Waals surface area contributed by atoms with E-state index in [2.05, 4.69) is 0 Å². The van der Waals surface area contributed by atoms with E-state index in [1.165, 1.54) is 27.7 Å². The smallest absolute Gasteiger partial charge is 0.303 e. The van der Waals surface area contributed by atoms with Crippen molar-refractivity contribution in [3.8, 4) is 0 Å². The van der Waals surface area contributed by atoms with Crippen molar-refractivity contribution < 1.29 is 42.9 Å². The first kappa shape index (κ1) is 18.9. The van der Waals surface area contributed by atoms with Crippen molar-refractivity contribution in [1.29, 1.82) is 0 Å². The molecule has 0 unspecified atom stereocenters. The van der Waals surface area contributed by atoms with E-state index in [9.17, 15) is 19.2 Å². The van der Waals surface area contributed by atoms with Gasteiger partial charge in [-0.15, -0.1) is 0 Å². The Morgan fingerprint density at radius 1 is 0.826 bits per heavy atom.